The average Bonchev–Trinajstić information content (AvgIpc) is 3.28. The summed E-state index contributed by atoms with van der Waals surface area (Å²) in [7, 11) is 0. The van der Waals surface area contributed by atoms with Crippen molar-refractivity contribution in [2.45, 2.75) is 0 Å². The smallest absolute Gasteiger partial charge is 0.0899 e. The maximum absolute atomic E-state index is 4.44. The van der Waals surface area contributed by atoms with E-state index in [2.05, 4.69) is 93.2 Å². The minimum absolute atomic E-state index is 1.13. The Bertz CT molecular complexity index is 1350. The van der Waals surface area contributed by atoms with E-state index in [1.807, 2.05) is 29.8 Å². The van der Waals surface area contributed by atoms with Gasteiger partial charge < -0.3 is 0 Å². The summed E-state index contributed by atoms with van der Waals surface area (Å²) in [5, 5.41) is 2.54. The molecule has 0 saturated heterocycles. The third-order valence-corrected chi connectivity index (χ3v) is 7.93. The van der Waals surface area contributed by atoms with E-state index < -0.39 is 0 Å². The van der Waals surface area contributed by atoms with Crippen molar-refractivity contribution in [1.29, 1.82) is 0 Å². The predicted molar refractivity (Wildman–Crippen MR) is 127 cm³/mol. The summed E-state index contributed by atoms with van der Waals surface area (Å²) >= 11 is 5.98. The Morgan fingerprint density at radius 2 is 1.22 bits per heavy atom. The van der Waals surface area contributed by atoms with Crippen molar-refractivity contribution >= 4 is 85.9 Å². The number of hydrogen-bond acceptors (Lipinski definition) is 4. The van der Waals surface area contributed by atoms with Gasteiger partial charge in [-0.1, -0.05) is 36.4 Å². The normalized spacial score (nSPS) is 11.1. The van der Waals surface area contributed by atoms with Crippen LogP contribution in [0.25, 0.3) is 40.6 Å². The monoisotopic (exact) mass is 496 g/mol. The minimum Gasteiger partial charge on any atom is -0.255 e. The molecule has 0 radical (unpaired) electrons. The topological polar surface area (TPSA) is 25.8 Å². The Hall–Kier alpha value is -2.09. The van der Waals surface area contributed by atoms with Crippen molar-refractivity contribution in [3.8, 4) is 0 Å². The number of halogens is 1. The van der Waals surface area contributed by atoms with E-state index in [1.165, 1.54) is 33.1 Å². The molecule has 2 aromatic carbocycles. The van der Waals surface area contributed by atoms with E-state index in [1.54, 1.807) is 11.3 Å². The standard InChI is InChI=1S/C11H6INS.C11H7NS/c12-8-5-6-13-10-7-3-1-2-4-9(7)14-11(8)10;1-2-5-9-8(4-1)11-10(13-9)6-3-7-12-11/h1-6H;1-7H. The van der Waals surface area contributed by atoms with Gasteiger partial charge in [-0.15, -0.1) is 22.7 Å². The summed E-state index contributed by atoms with van der Waals surface area (Å²) in [6.45, 7) is 0. The van der Waals surface area contributed by atoms with E-state index in [0.717, 1.165) is 11.0 Å². The molecular formula is C22H13IN2S2. The van der Waals surface area contributed by atoms with Crippen LogP contribution in [0.2, 0.25) is 0 Å². The molecule has 2 nitrogen and oxygen atoms in total. The molecule has 0 atom stereocenters. The van der Waals surface area contributed by atoms with Crippen molar-refractivity contribution in [2.24, 2.45) is 0 Å². The summed E-state index contributed by atoms with van der Waals surface area (Å²) < 4.78 is 6.49. The highest BCUT2D eigenvalue weighted by atomic mass is 127. The third kappa shape index (κ3) is 3.09. The molecule has 6 rings (SSSR count). The number of pyridine rings is 2. The first kappa shape index (κ1) is 17.0. The quantitative estimate of drug-likeness (QED) is 0.204. The van der Waals surface area contributed by atoms with Gasteiger partial charge in [-0.3, -0.25) is 9.97 Å². The molecule has 6 aromatic rings. The van der Waals surface area contributed by atoms with E-state index in [9.17, 15) is 0 Å². The van der Waals surface area contributed by atoms with Gasteiger partial charge in [-0.05, 0) is 52.9 Å². The minimum atomic E-state index is 1.13. The lowest BCUT2D eigenvalue weighted by molar-refractivity contribution is 1.43. The van der Waals surface area contributed by atoms with Crippen molar-refractivity contribution in [3.63, 3.8) is 0 Å². The summed E-state index contributed by atoms with van der Waals surface area (Å²) in [6.07, 6.45) is 3.73. The van der Waals surface area contributed by atoms with Gasteiger partial charge >= 0.3 is 0 Å². The molecule has 130 valence electrons. The zero-order valence-electron chi connectivity index (χ0n) is 14.1. The highest BCUT2D eigenvalue weighted by Crippen LogP contribution is 2.34. The van der Waals surface area contributed by atoms with Crippen molar-refractivity contribution in [2.75, 3.05) is 0 Å². The number of thiophene rings is 2. The molecule has 0 unspecified atom stereocenters. The van der Waals surface area contributed by atoms with Gasteiger partial charge in [0.25, 0.3) is 0 Å². The molecule has 0 saturated carbocycles. The van der Waals surface area contributed by atoms with Gasteiger partial charge in [0, 0.05) is 36.1 Å². The largest absolute Gasteiger partial charge is 0.255 e. The molecule has 0 amide bonds. The van der Waals surface area contributed by atoms with Crippen LogP contribution in [0.5, 0.6) is 0 Å². The lowest BCUT2D eigenvalue weighted by Gasteiger charge is -1.91. The number of aromatic nitrogens is 2. The first-order valence-corrected chi connectivity index (χ1v) is 11.2. The number of benzene rings is 2. The summed E-state index contributed by atoms with van der Waals surface area (Å²) in [5.74, 6) is 0. The highest BCUT2D eigenvalue weighted by Gasteiger charge is 2.07. The molecule has 0 bridgehead atoms. The van der Waals surface area contributed by atoms with Crippen LogP contribution in [0.4, 0.5) is 0 Å². The highest BCUT2D eigenvalue weighted by molar-refractivity contribution is 14.1. The van der Waals surface area contributed by atoms with Crippen LogP contribution in [-0.4, -0.2) is 9.97 Å². The van der Waals surface area contributed by atoms with Gasteiger partial charge in [-0.25, -0.2) is 0 Å². The Balaban J connectivity index is 0.000000119. The van der Waals surface area contributed by atoms with Gasteiger partial charge in [0.15, 0.2) is 0 Å². The Morgan fingerprint density at radius 1 is 0.593 bits per heavy atom. The van der Waals surface area contributed by atoms with Crippen LogP contribution in [0, 0.1) is 3.57 Å². The fraction of sp³-hybridized carbons (Fsp3) is 0. The van der Waals surface area contributed by atoms with Gasteiger partial charge in [0.1, 0.15) is 0 Å². The Morgan fingerprint density at radius 3 is 2.04 bits per heavy atom. The van der Waals surface area contributed by atoms with E-state index in [4.69, 9.17) is 0 Å². The zero-order chi connectivity index (χ0) is 18.2. The van der Waals surface area contributed by atoms with Crippen LogP contribution in [0.1, 0.15) is 0 Å². The van der Waals surface area contributed by atoms with Gasteiger partial charge in [-0.2, -0.15) is 0 Å². The first-order chi connectivity index (χ1) is 13.3. The second-order valence-corrected chi connectivity index (χ2v) is 9.32. The number of hydrogen-bond donors (Lipinski definition) is 0. The van der Waals surface area contributed by atoms with Crippen LogP contribution >= 0.6 is 45.3 Å². The molecule has 5 heteroatoms. The molecule has 0 aliphatic rings. The lowest BCUT2D eigenvalue weighted by Crippen LogP contribution is -1.75. The fourth-order valence-electron chi connectivity index (χ4n) is 3.12. The third-order valence-electron chi connectivity index (χ3n) is 4.34. The van der Waals surface area contributed by atoms with Crippen LogP contribution < -0.4 is 0 Å². The molecule has 0 N–H and O–H groups in total. The summed E-state index contributed by atoms with van der Waals surface area (Å²) in [6, 6.07) is 23.0. The number of fused-ring (bicyclic) bond motifs is 6. The molecule has 0 aliphatic carbocycles. The second-order valence-electron chi connectivity index (χ2n) is 6.02. The molecule has 27 heavy (non-hydrogen) atoms. The fourth-order valence-corrected chi connectivity index (χ4v) is 6.00. The zero-order valence-corrected chi connectivity index (χ0v) is 17.9. The van der Waals surface area contributed by atoms with E-state index in [-0.39, 0.29) is 0 Å². The summed E-state index contributed by atoms with van der Waals surface area (Å²) in [4.78, 5) is 8.82. The average molecular weight is 496 g/mol. The van der Waals surface area contributed by atoms with Gasteiger partial charge in [0.2, 0.25) is 0 Å². The van der Waals surface area contributed by atoms with Crippen LogP contribution in [0.3, 0.4) is 0 Å². The Kier molecular flexibility index (Phi) is 4.51. The van der Waals surface area contributed by atoms with Crippen molar-refractivity contribution < 1.29 is 0 Å². The van der Waals surface area contributed by atoms with E-state index in [0.29, 0.717) is 0 Å². The van der Waals surface area contributed by atoms with Crippen LogP contribution in [-0.2, 0) is 0 Å². The van der Waals surface area contributed by atoms with Gasteiger partial charge in [0.05, 0.1) is 20.4 Å². The number of rotatable bonds is 0. The first-order valence-electron chi connectivity index (χ1n) is 8.45. The predicted octanol–water partition coefficient (Wildman–Crippen LogP) is 7.50. The molecular weight excluding hydrogens is 483 g/mol. The second kappa shape index (κ2) is 7.14. The molecule has 4 heterocycles. The summed E-state index contributed by atoms with van der Waals surface area (Å²) in [5.41, 5.74) is 2.26. The molecule has 4 aromatic heterocycles. The maximum atomic E-state index is 4.44. The molecule has 0 aliphatic heterocycles. The molecule has 0 spiro atoms. The molecule has 0 fully saturated rings. The number of nitrogens with zero attached hydrogens (tertiary/aromatic N) is 2. The maximum Gasteiger partial charge on any atom is 0.0899 e. The SMILES string of the molecule is Ic1ccnc2c1sc1ccccc12.c1ccc2c(c1)sc1cccnc12. The van der Waals surface area contributed by atoms with E-state index >= 15 is 0 Å². The van der Waals surface area contributed by atoms with Crippen LogP contribution in [0.15, 0.2) is 79.1 Å². The lowest BCUT2D eigenvalue weighted by atomic mass is 10.2. The van der Waals surface area contributed by atoms with Crippen molar-refractivity contribution in [1.82, 2.24) is 9.97 Å². The van der Waals surface area contributed by atoms with Crippen molar-refractivity contribution in [3.05, 3.63) is 82.7 Å². The Labute approximate surface area is 177 Å².